The molecular weight excluding hydrogens is 256 g/mol. The summed E-state index contributed by atoms with van der Waals surface area (Å²) in [7, 11) is 3.91. The molecule has 1 saturated heterocycles. The molecule has 2 N–H and O–H groups in total. The van der Waals surface area contributed by atoms with Crippen LogP contribution >= 0.6 is 11.8 Å². The third-order valence-electron chi connectivity index (χ3n) is 4.17. The second kappa shape index (κ2) is 6.64. The molecule has 1 aromatic rings. The van der Waals surface area contributed by atoms with Crippen LogP contribution in [0.1, 0.15) is 18.4 Å². The zero-order valence-electron chi connectivity index (χ0n) is 11.9. The van der Waals surface area contributed by atoms with Crippen molar-refractivity contribution >= 4 is 11.8 Å². The quantitative estimate of drug-likeness (QED) is 0.898. The Morgan fingerprint density at radius 3 is 2.74 bits per heavy atom. The van der Waals surface area contributed by atoms with Gasteiger partial charge in [0, 0.05) is 18.6 Å². The Bertz CT molecular complexity index is 405. The summed E-state index contributed by atoms with van der Waals surface area (Å²) < 4.78 is 5.29. The van der Waals surface area contributed by atoms with Crippen LogP contribution < -0.4 is 10.5 Å². The molecule has 0 radical (unpaired) electrons. The fraction of sp³-hybridized carbons (Fsp3) is 0.600. The molecule has 3 nitrogen and oxygen atoms in total. The van der Waals surface area contributed by atoms with E-state index in [-0.39, 0.29) is 5.54 Å². The van der Waals surface area contributed by atoms with Crippen molar-refractivity contribution in [2.75, 3.05) is 32.2 Å². The minimum absolute atomic E-state index is 0.175. The summed E-state index contributed by atoms with van der Waals surface area (Å²) in [5.74, 6) is 3.37. The van der Waals surface area contributed by atoms with Gasteiger partial charge >= 0.3 is 0 Å². The molecular formula is C15H24N2OS. The molecule has 2 rings (SSSR count). The van der Waals surface area contributed by atoms with Crippen molar-refractivity contribution in [3.8, 4) is 5.75 Å². The monoisotopic (exact) mass is 280 g/mol. The molecule has 0 aromatic heterocycles. The molecule has 1 aliphatic heterocycles. The molecule has 0 amide bonds. The summed E-state index contributed by atoms with van der Waals surface area (Å²) in [6, 6.07) is 8.30. The lowest BCUT2D eigenvalue weighted by molar-refractivity contribution is 0.107. The average Bonchev–Trinajstić information content (AvgIpc) is 2.48. The molecule has 0 bridgehead atoms. The zero-order chi connectivity index (χ0) is 13.7. The number of rotatable bonds is 5. The number of methoxy groups -OCH3 is 1. The second-order valence-corrected chi connectivity index (χ2v) is 6.47. The van der Waals surface area contributed by atoms with Crippen LogP contribution in [0.4, 0.5) is 0 Å². The van der Waals surface area contributed by atoms with Gasteiger partial charge in [-0.15, -0.1) is 0 Å². The topological polar surface area (TPSA) is 38.5 Å². The first-order valence-electron chi connectivity index (χ1n) is 6.82. The van der Waals surface area contributed by atoms with Crippen molar-refractivity contribution in [3.63, 3.8) is 0 Å². The molecule has 0 saturated carbocycles. The van der Waals surface area contributed by atoms with Crippen molar-refractivity contribution in [1.82, 2.24) is 4.90 Å². The molecule has 19 heavy (non-hydrogen) atoms. The maximum atomic E-state index is 6.07. The van der Waals surface area contributed by atoms with Gasteiger partial charge in [-0.2, -0.15) is 11.8 Å². The van der Waals surface area contributed by atoms with Crippen LogP contribution in [0.3, 0.4) is 0 Å². The van der Waals surface area contributed by atoms with Crippen molar-refractivity contribution in [3.05, 3.63) is 29.8 Å². The Kier molecular flexibility index (Phi) is 5.13. The van der Waals surface area contributed by atoms with Gasteiger partial charge in [0.1, 0.15) is 5.75 Å². The maximum absolute atomic E-state index is 6.07. The fourth-order valence-electron chi connectivity index (χ4n) is 2.71. The van der Waals surface area contributed by atoms with Crippen LogP contribution in [-0.2, 0) is 6.54 Å². The highest BCUT2D eigenvalue weighted by Gasteiger charge is 2.34. The summed E-state index contributed by atoms with van der Waals surface area (Å²) in [6.45, 7) is 1.67. The number of nitrogens with zero attached hydrogens (tertiary/aromatic N) is 1. The number of hydrogen-bond donors (Lipinski definition) is 1. The first kappa shape index (κ1) is 14.7. The van der Waals surface area contributed by atoms with Crippen LogP contribution in [-0.4, -0.2) is 42.6 Å². The highest BCUT2D eigenvalue weighted by molar-refractivity contribution is 7.99. The standard InChI is InChI=1S/C15H24N2OS/c1-17(15(12-16)6-8-19-9-7-15)11-13-4-3-5-14(10-13)18-2/h3-5,10H,6-9,11-12,16H2,1-2H3. The van der Waals surface area contributed by atoms with E-state index in [1.807, 2.05) is 23.9 Å². The molecule has 0 unspecified atom stereocenters. The van der Waals surface area contributed by atoms with Crippen molar-refractivity contribution in [1.29, 1.82) is 0 Å². The molecule has 1 fully saturated rings. The van der Waals surface area contributed by atoms with E-state index in [1.165, 1.54) is 29.9 Å². The highest BCUT2D eigenvalue weighted by Crippen LogP contribution is 2.32. The molecule has 106 valence electrons. The summed E-state index contributed by atoms with van der Waals surface area (Å²) in [6.07, 6.45) is 2.38. The Morgan fingerprint density at radius 2 is 2.11 bits per heavy atom. The minimum atomic E-state index is 0.175. The summed E-state index contributed by atoms with van der Waals surface area (Å²) in [4.78, 5) is 2.43. The van der Waals surface area contributed by atoms with Gasteiger partial charge in [-0.25, -0.2) is 0 Å². The van der Waals surface area contributed by atoms with Gasteiger partial charge in [-0.05, 0) is 49.1 Å². The van der Waals surface area contributed by atoms with E-state index in [0.29, 0.717) is 0 Å². The SMILES string of the molecule is COc1cccc(CN(C)C2(CN)CCSCC2)c1. The number of likely N-dealkylation sites (N-methyl/N-ethyl adjacent to an activating group) is 1. The van der Waals surface area contributed by atoms with Gasteiger partial charge < -0.3 is 10.5 Å². The molecule has 4 heteroatoms. The van der Waals surface area contributed by atoms with Crippen LogP contribution in [0.25, 0.3) is 0 Å². The van der Waals surface area contributed by atoms with Crippen LogP contribution in [0, 0.1) is 0 Å². The zero-order valence-corrected chi connectivity index (χ0v) is 12.7. The number of thioether (sulfide) groups is 1. The summed E-state index contributed by atoms with van der Waals surface area (Å²) in [5.41, 5.74) is 7.53. The normalized spacial score (nSPS) is 18.5. The number of nitrogens with two attached hydrogens (primary N) is 1. The smallest absolute Gasteiger partial charge is 0.119 e. The third kappa shape index (κ3) is 3.44. The number of ether oxygens (including phenoxy) is 1. The van der Waals surface area contributed by atoms with Gasteiger partial charge in [0.15, 0.2) is 0 Å². The van der Waals surface area contributed by atoms with E-state index in [9.17, 15) is 0 Å². The number of benzene rings is 1. The van der Waals surface area contributed by atoms with E-state index in [2.05, 4.69) is 24.1 Å². The second-order valence-electron chi connectivity index (χ2n) is 5.25. The highest BCUT2D eigenvalue weighted by atomic mass is 32.2. The lowest BCUT2D eigenvalue weighted by Crippen LogP contribution is -2.53. The summed E-state index contributed by atoms with van der Waals surface area (Å²) in [5, 5.41) is 0. The first-order chi connectivity index (χ1) is 9.20. The van der Waals surface area contributed by atoms with Gasteiger partial charge in [-0.3, -0.25) is 4.90 Å². The Hall–Kier alpha value is -0.710. The predicted octanol–water partition coefficient (Wildman–Crippen LogP) is 2.35. The van der Waals surface area contributed by atoms with Crippen LogP contribution in [0.5, 0.6) is 5.75 Å². The van der Waals surface area contributed by atoms with Gasteiger partial charge in [0.05, 0.1) is 7.11 Å². The van der Waals surface area contributed by atoms with E-state index in [0.717, 1.165) is 18.8 Å². The molecule has 1 aromatic carbocycles. The van der Waals surface area contributed by atoms with E-state index in [1.54, 1.807) is 7.11 Å². The van der Waals surface area contributed by atoms with E-state index in [4.69, 9.17) is 10.5 Å². The third-order valence-corrected chi connectivity index (χ3v) is 5.15. The average molecular weight is 280 g/mol. The van der Waals surface area contributed by atoms with Gasteiger partial charge in [0.25, 0.3) is 0 Å². The summed E-state index contributed by atoms with van der Waals surface area (Å²) >= 11 is 2.04. The van der Waals surface area contributed by atoms with Gasteiger partial charge in [-0.1, -0.05) is 12.1 Å². The molecule has 1 aliphatic rings. The maximum Gasteiger partial charge on any atom is 0.119 e. The fourth-order valence-corrected chi connectivity index (χ4v) is 3.96. The van der Waals surface area contributed by atoms with Crippen molar-refractivity contribution in [2.24, 2.45) is 5.73 Å². The van der Waals surface area contributed by atoms with Crippen LogP contribution in [0.2, 0.25) is 0 Å². The largest absolute Gasteiger partial charge is 0.497 e. The Morgan fingerprint density at radius 1 is 1.37 bits per heavy atom. The van der Waals surface area contributed by atoms with E-state index < -0.39 is 0 Å². The number of hydrogen-bond acceptors (Lipinski definition) is 4. The molecule has 0 aliphatic carbocycles. The van der Waals surface area contributed by atoms with Gasteiger partial charge in [0.2, 0.25) is 0 Å². The molecule has 1 heterocycles. The first-order valence-corrected chi connectivity index (χ1v) is 7.98. The molecule has 0 spiro atoms. The molecule has 0 atom stereocenters. The van der Waals surface area contributed by atoms with Crippen molar-refractivity contribution < 1.29 is 4.74 Å². The Labute approximate surface area is 120 Å². The van der Waals surface area contributed by atoms with Crippen molar-refractivity contribution in [2.45, 2.75) is 24.9 Å². The Balaban J connectivity index is 2.07. The lowest BCUT2D eigenvalue weighted by atomic mass is 9.90. The minimum Gasteiger partial charge on any atom is -0.497 e. The van der Waals surface area contributed by atoms with E-state index >= 15 is 0 Å². The van der Waals surface area contributed by atoms with Crippen LogP contribution in [0.15, 0.2) is 24.3 Å². The lowest BCUT2D eigenvalue weighted by Gasteiger charge is -2.44. The predicted molar refractivity (Wildman–Crippen MR) is 82.8 cm³/mol.